The van der Waals surface area contributed by atoms with Gasteiger partial charge >= 0.3 is 6.09 Å². The van der Waals surface area contributed by atoms with E-state index in [1.165, 1.54) is 0 Å². The fourth-order valence-electron chi connectivity index (χ4n) is 2.51. The Balaban J connectivity index is 2.33. The number of hydrogen-bond donors (Lipinski definition) is 0. The van der Waals surface area contributed by atoms with E-state index in [9.17, 15) is 4.79 Å². The maximum atomic E-state index is 12.5. The first-order valence-corrected chi connectivity index (χ1v) is 8.75. The van der Waals surface area contributed by atoms with Crippen molar-refractivity contribution >= 4 is 11.9 Å². The first-order valence-electron chi connectivity index (χ1n) is 8.75. The average molecular weight is 334 g/mol. The maximum Gasteiger partial charge on any atom is 0.429 e. The fraction of sp³-hybridized carbons (Fsp3) is 0.722. The summed E-state index contributed by atoms with van der Waals surface area (Å²) < 4.78 is 5.53. The summed E-state index contributed by atoms with van der Waals surface area (Å²) in [5.74, 6) is 2.13. The van der Waals surface area contributed by atoms with Crippen LogP contribution in [0.3, 0.4) is 0 Å². The minimum absolute atomic E-state index is 0.236. The van der Waals surface area contributed by atoms with E-state index in [2.05, 4.69) is 32.7 Å². The van der Waals surface area contributed by atoms with Crippen molar-refractivity contribution in [1.29, 1.82) is 0 Å². The fourth-order valence-corrected chi connectivity index (χ4v) is 2.51. The minimum atomic E-state index is -0.511. The Kier molecular flexibility index (Phi) is 5.35. The standard InChI is InChI=1S/C18H30N4O2/c1-12(2)14-11-15(20-16(19-14)13(3)4)21-9-8-10-22(21)17(23)24-18(5,6)7/h11-13H,8-10H2,1-7H3. The summed E-state index contributed by atoms with van der Waals surface area (Å²) in [5, 5.41) is 3.58. The van der Waals surface area contributed by atoms with E-state index in [-0.39, 0.29) is 12.0 Å². The quantitative estimate of drug-likeness (QED) is 0.833. The number of aromatic nitrogens is 2. The van der Waals surface area contributed by atoms with Gasteiger partial charge in [0.15, 0.2) is 5.82 Å². The zero-order chi connectivity index (χ0) is 18.1. The number of carbonyl (C=O) groups excluding carboxylic acids is 1. The van der Waals surface area contributed by atoms with Crippen LogP contribution >= 0.6 is 0 Å². The molecule has 134 valence electrons. The predicted octanol–water partition coefficient (Wildman–Crippen LogP) is 4.09. The summed E-state index contributed by atoms with van der Waals surface area (Å²) in [6.07, 6.45) is 0.577. The smallest absolute Gasteiger partial charge is 0.429 e. The normalized spacial score (nSPS) is 15.5. The lowest BCUT2D eigenvalue weighted by Crippen LogP contribution is -2.44. The minimum Gasteiger partial charge on any atom is -0.442 e. The molecule has 2 heterocycles. The van der Waals surface area contributed by atoms with Gasteiger partial charge in [-0.25, -0.2) is 19.8 Å². The molecule has 24 heavy (non-hydrogen) atoms. The molecule has 1 aromatic rings. The molecular weight excluding hydrogens is 304 g/mol. The third-order valence-electron chi connectivity index (χ3n) is 3.76. The molecule has 1 amide bonds. The molecule has 1 fully saturated rings. The molecule has 0 radical (unpaired) electrons. The molecule has 0 aliphatic carbocycles. The van der Waals surface area contributed by atoms with Crippen LogP contribution in [-0.2, 0) is 4.74 Å². The van der Waals surface area contributed by atoms with Crippen LogP contribution in [0.1, 0.15) is 78.2 Å². The van der Waals surface area contributed by atoms with Gasteiger partial charge in [-0.2, -0.15) is 0 Å². The third kappa shape index (κ3) is 4.36. The van der Waals surface area contributed by atoms with Gasteiger partial charge in [0.05, 0.1) is 0 Å². The SMILES string of the molecule is CC(C)c1cc(N2CCCN2C(=O)OC(C)(C)C)nc(C(C)C)n1. The van der Waals surface area contributed by atoms with E-state index in [1.807, 2.05) is 31.8 Å². The molecule has 6 nitrogen and oxygen atoms in total. The number of anilines is 1. The van der Waals surface area contributed by atoms with Gasteiger partial charge in [0.1, 0.15) is 11.4 Å². The van der Waals surface area contributed by atoms with Gasteiger partial charge in [-0.3, -0.25) is 5.01 Å². The summed E-state index contributed by atoms with van der Waals surface area (Å²) in [6.45, 7) is 15.4. The Morgan fingerprint density at radius 2 is 1.79 bits per heavy atom. The summed E-state index contributed by atoms with van der Waals surface area (Å²) in [7, 11) is 0. The Hall–Kier alpha value is -1.85. The third-order valence-corrected chi connectivity index (χ3v) is 3.76. The molecule has 1 aliphatic rings. The highest BCUT2D eigenvalue weighted by atomic mass is 16.6. The second-order valence-corrected chi connectivity index (χ2v) is 7.90. The molecule has 0 N–H and O–H groups in total. The van der Waals surface area contributed by atoms with Crippen LogP contribution in [-0.4, -0.2) is 39.8 Å². The zero-order valence-corrected chi connectivity index (χ0v) is 16.0. The number of amides is 1. The molecule has 1 aromatic heterocycles. The van der Waals surface area contributed by atoms with Crippen molar-refractivity contribution in [2.75, 3.05) is 18.1 Å². The molecular formula is C18H30N4O2. The van der Waals surface area contributed by atoms with E-state index >= 15 is 0 Å². The highest BCUT2D eigenvalue weighted by Gasteiger charge is 2.32. The maximum absolute atomic E-state index is 12.5. The van der Waals surface area contributed by atoms with Crippen LogP contribution in [0.4, 0.5) is 10.6 Å². The molecule has 1 aliphatic heterocycles. The molecule has 0 unspecified atom stereocenters. The summed E-state index contributed by atoms with van der Waals surface area (Å²) >= 11 is 0. The van der Waals surface area contributed by atoms with E-state index in [0.29, 0.717) is 12.5 Å². The summed E-state index contributed by atoms with van der Waals surface area (Å²) in [4.78, 5) is 21.9. The van der Waals surface area contributed by atoms with Crippen LogP contribution in [0.2, 0.25) is 0 Å². The van der Waals surface area contributed by atoms with Crippen LogP contribution in [0.15, 0.2) is 6.07 Å². The van der Waals surface area contributed by atoms with E-state index in [0.717, 1.165) is 30.3 Å². The number of carbonyl (C=O) groups is 1. The second-order valence-electron chi connectivity index (χ2n) is 7.90. The Morgan fingerprint density at radius 3 is 2.33 bits per heavy atom. The van der Waals surface area contributed by atoms with Crippen molar-refractivity contribution in [1.82, 2.24) is 15.0 Å². The van der Waals surface area contributed by atoms with E-state index in [1.54, 1.807) is 5.01 Å². The van der Waals surface area contributed by atoms with Crippen LogP contribution in [0.25, 0.3) is 0 Å². The topological polar surface area (TPSA) is 58.6 Å². The molecule has 0 bridgehead atoms. The highest BCUT2D eigenvalue weighted by molar-refractivity contribution is 5.71. The van der Waals surface area contributed by atoms with Crippen molar-refractivity contribution < 1.29 is 9.53 Å². The second kappa shape index (κ2) is 6.95. The molecule has 0 spiro atoms. The van der Waals surface area contributed by atoms with Crippen molar-refractivity contribution in [3.63, 3.8) is 0 Å². The van der Waals surface area contributed by atoms with Gasteiger partial charge in [-0.05, 0) is 33.1 Å². The number of hydrogen-bond acceptors (Lipinski definition) is 5. The molecule has 6 heteroatoms. The number of nitrogens with zero attached hydrogens (tertiary/aromatic N) is 4. The average Bonchev–Trinajstić information content (AvgIpc) is 2.94. The molecule has 2 rings (SSSR count). The Bertz CT molecular complexity index is 567. The van der Waals surface area contributed by atoms with E-state index in [4.69, 9.17) is 9.72 Å². The molecule has 0 aromatic carbocycles. The van der Waals surface area contributed by atoms with E-state index < -0.39 is 5.60 Å². The van der Waals surface area contributed by atoms with Crippen molar-refractivity contribution in [2.45, 2.75) is 72.3 Å². The van der Waals surface area contributed by atoms with Crippen LogP contribution in [0, 0.1) is 0 Å². The molecule has 0 atom stereocenters. The van der Waals surface area contributed by atoms with Crippen LogP contribution in [0.5, 0.6) is 0 Å². The van der Waals surface area contributed by atoms with Gasteiger partial charge < -0.3 is 4.74 Å². The summed E-state index contributed by atoms with van der Waals surface area (Å²) in [5.41, 5.74) is 0.489. The largest absolute Gasteiger partial charge is 0.442 e. The summed E-state index contributed by atoms with van der Waals surface area (Å²) in [6, 6.07) is 1.99. The number of ether oxygens (including phenoxy) is 1. The lowest BCUT2D eigenvalue weighted by molar-refractivity contribution is 0.0272. The first-order chi connectivity index (χ1) is 11.1. The Labute approximate surface area is 145 Å². The first kappa shape index (κ1) is 18.5. The van der Waals surface area contributed by atoms with Crippen molar-refractivity contribution in [3.8, 4) is 0 Å². The predicted molar refractivity (Wildman–Crippen MR) is 95.1 cm³/mol. The zero-order valence-electron chi connectivity index (χ0n) is 16.0. The molecule has 0 saturated carbocycles. The Morgan fingerprint density at radius 1 is 1.12 bits per heavy atom. The van der Waals surface area contributed by atoms with Gasteiger partial charge in [0.25, 0.3) is 0 Å². The molecule has 1 saturated heterocycles. The van der Waals surface area contributed by atoms with Gasteiger partial charge in [-0.1, -0.05) is 27.7 Å². The number of rotatable bonds is 3. The van der Waals surface area contributed by atoms with Crippen LogP contribution < -0.4 is 5.01 Å². The van der Waals surface area contributed by atoms with Gasteiger partial charge in [-0.15, -0.1) is 0 Å². The highest BCUT2D eigenvalue weighted by Crippen LogP contribution is 2.26. The lowest BCUT2D eigenvalue weighted by Gasteiger charge is -2.31. The van der Waals surface area contributed by atoms with Gasteiger partial charge in [0.2, 0.25) is 0 Å². The number of hydrazine groups is 1. The lowest BCUT2D eigenvalue weighted by atomic mass is 10.1. The van der Waals surface area contributed by atoms with Crippen molar-refractivity contribution in [2.24, 2.45) is 0 Å². The van der Waals surface area contributed by atoms with Crippen molar-refractivity contribution in [3.05, 3.63) is 17.6 Å². The van der Waals surface area contributed by atoms with Gasteiger partial charge in [0, 0.05) is 30.8 Å². The monoisotopic (exact) mass is 334 g/mol.